The molecule has 0 heterocycles. The van der Waals surface area contributed by atoms with E-state index in [0.29, 0.717) is 11.1 Å². The zero-order valence-corrected chi connectivity index (χ0v) is 22.2. The van der Waals surface area contributed by atoms with Crippen LogP contribution in [0.15, 0.2) is 54.6 Å². The molecule has 0 aliphatic heterocycles. The number of halogens is 3. The predicted molar refractivity (Wildman–Crippen MR) is 138 cm³/mol. The second-order valence-corrected chi connectivity index (χ2v) is 12.8. The van der Waals surface area contributed by atoms with Crippen molar-refractivity contribution >= 4 is 58.3 Å². The number of carbonyl (C=O) groups is 2. The van der Waals surface area contributed by atoms with Crippen LogP contribution in [0.5, 0.6) is 0 Å². The van der Waals surface area contributed by atoms with Gasteiger partial charge < -0.3 is 4.57 Å². The lowest BCUT2D eigenvalue weighted by Gasteiger charge is -2.24. The van der Waals surface area contributed by atoms with Crippen LogP contribution in [0.25, 0.3) is 0 Å². The molecule has 172 valence electrons. The van der Waals surface area contributed by atoms with Crippen LogP contribution in [0.1, 0.15) is 58.2 Å². The molecule has 0 bridgehead atoms. The molecule has 3 nitrogen and oxygen atoms in total. The third-order valence-electron chi connectivity index (χ3n) is 5.53. The van der Waals surface area contributed by atoms with Gasteiger partial charge in [0.05, 0.1) is 15.6 Å². The van der Waals surface area contributed by atoms with Gasteiger partial charge in [-0.2, -0.15) is 0 Å². The second kappa shape index (κ2) is 9.39. The number of hydrogen-bond donors (Lipinski definition) is 0. The number of aryl methyl sites for hydroxylation is 2. The van der Waals surface area contributed by atoms with Crippen LogP contribution in [-0.2, 0) is 9.98 Å². The third kappa shape index (κ3) is 4.84. The molecule has 0 N–H and O–H groups in total. The summed E-state index contributed by atoms with van der Waals surface area (Å²) in [7, 11) is -4.37. The first-order valence-electron chi connectivity index (χ1n) is 10.3. The molecule has 33 heavy (non-hydrogen) atoms. The minimum atomic E-state index is -4.37. The zero-order valence-electron chi connectivity index (χ0n) is 19.0. The molecule has 3 rings (SSSR count). The molecule has 0 aromatic heterocycles. The quantitative estimate of drug-likeness (QED) is 0.318. The molecule has 3 aromatic carbocycles. The molecule has 1 atom stereocenters. The monoisotopic (exact) mass is 520 g/mol. The zero-order chi connectivity index (χ0) is 24.7. The molecular weight excluding hydrogens is 498 g/mol. The minimum absolute atomic E-state index is 0.0574. The lowest BCUT2D eigenvalue weighted by atomic mass is 9.84. The van der Waals surface area contributed by atoms with Crippen LogP contribution in [-0.4, -0.2) is 11.0 Å². The topological polar surface area (TPSA) is 51.2 Å². The fourth-order valence-corrected chi connectivity index (χ4v) is 7.35. The summed E-state index contributed by atoms with van der Waals surface area (Å²) in [6.45, 7) is 9.80. The van der Waals surface area contributed by atoms with Crippen molar-refractivity contribution < 1.29 is 14.2 Å². The highest BCUT2D eigenvalue weighted by Gasteiger charge is 2.45. The average molecular weight is 522 g/mol. The summed E-state index contributed by atoms with van der Waals surface area (Å²) in [6, 6.07) is 14.5. The number of hydrogen-bond acceptors (Lipinski definition) is 3. The van der Waals surface area contributed by atoms with Crippen molar-refractivity contribution in [3.63, 3.8) is 0 Å². The Morgan fingerprint density at radius 3 is 1.67 bits per heavy atom. The highest BCUT2D eigenvalue weighted by molar-refractivity contribution is 8.01. The number of rotatable bonds is 5. The Bertz CT molecular complexity index is 1260. The van der Waals surface area contributed by atoms with Crippen LogP contribution >= 0.6 is 41.9 Å². The third-order valence-corrected chi connectivity index (χ3v) is 8.96. The molecule has 0 aliphatic carbocycles. The van der Waals surface area contributed by atoms with Crippen LogP contribution in [0.3, 0.4) is 0 Å². The Hall–Kier alpha value is -1.90. The van der Waals surface area contributed by atoms with Gasteiger partial charge in [0.25, 0.3) is 0 Å². The van der Waals surface area contributed by atoms with Crippen LogP contribution in [0, 0.1) is 13.8 Å². The normalized spacial score (nSPS) is 13.5. The Balaban J connectivity index is 2.29. The maximum atomic E-state index is 14.5. The van der Waals surface area contributed by atoms with Crippen LogP contribution in [0.4, 0.5) is 0 Å². The van der Waals surface area contributed by atoms with E-state index in [1.54, 1.807) is 32.0 Å². The Morgan fingerprint density at radius 1 is 0.758 bits per heavy atom. The highest BCUT2D eigenvalue weighted by atomic mass is 35.5. The van der Waals surface area contributed by atoms with Gasteiger partial charge in [-0.1, -0.05) is 98.0 Å². The van der Waals surface area contributed by atoms with Crippen molar-refractivity contribution in [1.29, 1.82) is 0 Å². The first kappa shape index (κ1) is 25.7. The summed E-state index contributed by atoms with van der Waals surface area (Å²) in [4.78, 5) is 27.8. The lowest BCUT2D eigenvalue weighted by molar-refractivity contribution is 0.104. The molecule has 0 fully saturated rings. The van der Waals surface area contributed by atoms with E-state index in [2.05, 4.69) is 20.8 Å². The first-order chi connectivity index (χ1) is 15.3. The summed E-state index contributed by atoms with van der Waals surface area (Å²) in [5, 5.41) is 0.239. The SMILES string of the molecule is Cc1cc(C(C)(C)C)cc(C)c1C(=O)P(=O)(C(=O)c1c(Cl)cc(Cl)cc1Cl)c1ccccc1. The summed E-state index contributed by atoms with van der Waals surface area (Å²) in [6.07, 6.45) is 0. The average Bonchev–Trinajstić information content (AvgIpc) is 2.71. The van der Waals surface area contributed by atoms with Crippen molar-refractivity contribution in [3.8, 4) is 0 Å². The van der Waals surface area contributed by atoms with Gasteiger partial charge in [-0.05, 0) is 48.1 Å². The van der Waals surface area contributed by atoms with E-state index in [-0.39, 0.29) is 36.9 Å². The summed E-state index contributed by atoms with van der Waals surface area (Å²) in [5.41, 5.74) is 0.651. The maximum absolute atomic E-state index is 14.5. The van der Waals surface area contributed by atoms with Crippen molar-refractivity contribution in [2.75, 3.05) is 0 Å². The second-order valence-electron chi connectivity index (χ2n) is 9.03. The van der Waals surface area contributed by atoms with E-state index in [0.717, 1.165) is 5.56 Å². The largest absolute Gasteiger partial charge is 0.302 e. The molecule has 0 radical (unpaired) electrons. The number of carbonyl (C=O) groups excluding carboxylic acids is 2. The molecule has 0 spiro atoms. The fourth-order valence-electron chi connectivity index (χ4n) is 3.76. The Morgan fingerprint density at radius 2 is 1.21 bits per heavy atom. The van der Waals surface area contributed by atoms with Gasteiger partial charge in [-0.15, -0.1) is 0 Å². The fraction of sp³-hybridized carbons (Fsp3) is 0.231. The van der Waals surface area contributed by atoms with E-state index in [1.165, 1.54) is 24.3 Å². The van der Waals surface area contributed by atoms with Crippen LogP contribution in [0.2, 0.25) is 15.1 Å². The smallest absolute Gasteiger partial charge is 0.248 e. The molecule has 0 saturated heterocycles. The van der Waals surface area contributed by atoms with E-state index in [1.807, 2.05) is 12.1 Å². The minimum Gasteiger partial charge on any atom is -0.302 e. The Labute approximate surface area is 209 Å². The van der Waals surface area contributed by atoms with Gasteiger partial charge in [0, 0.05) is 15.9 Å². The van der Waals surface area contributed by atoms with Crippen molar-refractivity contribution in [1.82, 2.24) is 0 Å². The van der Waals surface area contributed by atoms with Gasteiger partial charge >= 0.3 is 0 Å². The molecule has 0 aliphatic rings. The Kier molecular flexibility index (Phi) is 7.32. The molecule has 0 saturated carbocycles. The molecule has 7 heteroatoms. The molecule has 1 unspecified atom stereocenters. The molecule has 0 amide bonds. The first-order valence-corrected chi connectivity index (χ1v) is 13.1. The van der Waals surface area contributed by atoms with Gasteiger partial charge in [-0.3, -0.25) is 9.59 Å². The molecular formula is C26H24Cl3O3P. The van der Waals surface area contributed by atoms with Crippen molar-refractivity contribution in [2.45, 2.75) is 40.0 Å². The molecule has 3 aromatic rings. The van der Waals surface area contributed by atoms with E-state index < -0.39 is 18.2 Å². The predicted octanol–water partition coefficient (Wildman–Crippen LogP) is 8.23. The van der Waals surface area contributed by atoms with Gasteiger partial charge in [-0.25, -0.2) is 0 Å². The van der Waals surface area contributed by atoms with Gasteiger partial charge in [0.2, 0.25) is 18.2 Å². The van der Waals surface area contributed by atoms with Gasteiger partial charge in [0.15, 0.2) is 0 Å². The van der Waals surface area contributed by atoms with Gasteiger partial charge in [0.1, 0.15) is 0 Å². The van der Waals surface area contributed by atoms with E-state index in [9.17, 15) is 14.2 Å². The summed E-state index contributed by atoms with van der Waals surface area (Å²) in [5.74, 6) is 0. The number of benzene rings is 3. The maximum Gasteiger partial charge on any atom is 0.248 e. The van der Waals surface area contributed by atoms with Crippen molar-refractivity contribution in [2.24, 2.45) is 0 Å². The van der Waals surface area contributed by atoms with Crippen LogP contribution < -0.4 is 5.30 Å². The standard InChI is InChI=1S/C26H24Cl3O3P/c1-15-11-17(26(3,4)5)12-16(2)22(15)24(30)33(32,19-9-7-6-8-10-19)25(31)23-20(28)13-18(27)14-21(23)29/h6-14H,1-5H3. The summed E-state index contributed by atoms with van der Waals surface area (Å²) < 4.78 is 14.5. The van der Waals surface area contributed by atoms with E-state index in [4.69, 9.17) is 34.8 Å². The van der Waals surface area contributed by atoms with E-state index >= 15 is 0 Å². The lowest BCUT2D eigenvalue weighted by Crippen LogP contribution is -2.23. The summed E-state index contributed by atoms with van der Waals surface area (Å²) >= 11 is 18.6. The highest BCUT2D eigenvalue weighted by Crippen LogP contribution is 2.54. The van der Waals surface area contributed by atoms with Crippen molar-refractivity contribution in [3.05, 3.63) is 97.5 Å².